The first-order chi connectivity index (χ1) is 13.2. The number of halogens is 1. The quantitative estimate of drug-likeness (QED) is 0.530. The van der Waals surface area contributed by atoms with E-state index in [0.29, 0.717) is 12.1 Å². The Kier molecular flexibility index (Phi) is 8.00. The molecule has 3 atom stereocenters. The summed E-state index contributed by atoms with van der Waals surface area (Å²) in [6.07, 6.45) is 4.63. The molecule has 2 aliphatic heterocycles. The second kappa shape index (κ2) is 10.0. The maximum atomic E-state index is 12.4. The Bertz CT molecular complexity index is 681. The normalized spacial score (nSPS) is 24.6. The Morgan fingerprint density at radius 1 is 1.11 bits per heavy atom. The predicted octanol–water partition coefficient (Wildman–Crippen LogP) is 3.27. The second-order valence-electron chi connectivity index (χ2n) is 7.13. The van der Waals surface area contributed by atoms with Crippen LogP contribution < -0.4 is 0 Å². The third kappa shape index (κ3) is 5.78. The van der Waals surface area contributed by atoms with E-state index in [1.54, 1.807) is 0 Å². The number of piperidine rings is 1. The number of hydrogen-bond donors (Lipinski definition) is 2. The second-order valence-corrected chi connectivity index (χ2v) is 8.04. The fraction of sp³-hybridized carbons (Fsp3) is 0.550. The average molecular weight is 456 g/mol. The van der Waals surface area contributed by atoms with E-state index < -0.39 is 11.9 Å². The van der Waals surface area contributed by atoms with Gasteiger partial charge in [-0.05, 0) is 44.0 Å². The largest absolute Gasteiger partial charge is 0.473 e. The summed E-state index contributed by atoms with van der Waals surface area (Å²) in [6, 6.07) is 9.14. The van der Waals surface area contributed by atoms with E-state index in [9.17, 15) is 4.79 Å². The van der Waals surface area contributed by atoms with E-state index >= 15 is 0 Å². The highest BCUT2D eigenvalue weighted by molar-refractivity contribution is 9.10. The van der Waals surface area contributed by atoms with Crippen molar-refractivity contribution in [1.29, 1.82) is 0 Å². The van der Waals surface area contributed by atoms with Crippen molar-refractivity contribution in [3.8, 4) is 0 Å². The first-order valence-electron chi connectivity index (χ1n) is 9.40. The summed E-state index contributed by atoms with van der Waals surface area (Å²) >= 11 is 3.42. The van der Waals surface area contributed by atoms with Gasteiger partial charge in [-0.1, -0.05) is 35.0 Å². The van der Waals surface area contributed by atoms with E-state index in [-0.39, 0.29) is 18.0 Å². The molecule has 0 aromatic heterocycles. The van der Waals surface area contributed by atoms with Gasteiger partial charge in [-0.2, -0.15) is 0 Å². The highest BCUT2D eigenvalue weighted by Crippen LogP contribution is 2.37. The maximum absolute atomic E-state index is 12.4. The molecule has 1 aromatic carbocycles. The minimum absolute atomic E-state index is 0.0864. The third-order valence-electron chi connectivity index (χ3n) is 5.40. The minimum atomic E-state index is -1.82. The summed E-state index contributed by atoms with van der Waals surface area (Å²) in [5.41, 5.74) is 1.02. The monoisotopic (exact) mass is 455 g/mol. The average Bonchev–Trinajstić information content (AvgIpc) is 2.91. The van der Waals surface area contributed by atoms with Gasteiger partial charge in [0.15, 0.2) is 0 Å². The lowest BCUT2D eigenvalue weighted by Crippen LogP contribution is -2.45. The summed E-state index contributed by atoms with van der Waals surface area (Å²) in [5.74, 6) is -3.93. The number of esters is 1. The van der Waals surface area contributed by atoms with Crippen molar-refractivity contribution >= 4 is 33.8 Å². The lowest BCUT2D eigenvalue weighted by molar-refractivity contribution is -0.159. The fourth-order valence-corrected chi connectivity index (χ4v) is 4.26. The molecule has 2 saturated heterocycles. The Hall–Kier alpha value is -1.93. The highest BCUT2D eigenvalue weighted by Gasteiger charge is 2.41. The van der Waals surface area contributed by atoms with E-state index in [1.807, 2.05) is 31.2 Å². The number of ether oxygens (including phenoxy) is 1. The molecule has 2 bridgehead atoms. The Morgan fingerprint density at radius 2 is 1.61 bits per heavy atom. The molecule has 2 N–H and O–H groups in total. The molecule has 0 radical (unpaired) electrons. The lowest BCUT2D eigenvalue weighted by Gasteiger charge is -2.38. The first-order valence-corrected chi connectivity index (χ1v) is 10.2. The summed E-state index contributed by atoms with van der Waals surface area (Å²) < 4.78 is 6.86. The van der Waals surface area contributed by atoms with Gasteiger partial charge < -0.3 is 14.9 Å². The van der Waals surface area contributed by atoms with Crippen LogP contribution >= 0.6 is 15.9 Å². The molecular formula is C20H26BrNO6. The van der Waals surface area contributed by atoms with Crippen LogP contribution in [0.2, 0.25) is 0 Å². The van der Waals surface area contributed by atoms with Gasteiger partial charge in [0.1, 0.15) is 6.10 Å². The van der Waals surface area contributed by atoms with Crippen LogP contribution in [0.25, 0.3) is 0 Å². The number of carbonyl (C=O) groups excluding carboxylic acids is 1. The van der Waals surface area contributed by atoms with Gasteiger partial charge in [-0.3, -0.25) is 9.69 Å². The van der Waals surface area contributed by atoms with Crippen molar-refractivity contribution in [3.63, 3.8) is 0 Å². The van der Waals surface area contributed by atoms with Crippen LogP contribution in [-0.4, -0.2) is 57.8 Å². The Labute approximate surface area is 172 Å². The topological polar surface area (TPSA) is 104 Å². The number of hydrogen-bond acceptors (Lipinski definition) is 5. The highest BCUT2D eigenvalue weighted by atomic mass is 79.9. The van der Waals surface area contributed by atoms with Crippen molar-refractivity contribution in [1.82, 2.24) is 4.90 Å². The van der Waals surface area contributed by atoms with E-state index in [0.717, 1.165) is 29.4 Å². The number of aliphatic carboxylic acids is 2. The molecule has 0 aliphatic carbocycles. The number of fused-ring (bicyclic) bond motifs is 2. The molecule has 8 heteroatoms. The molecule has 3 unspecified atom stereocenters. The predicted molar refractivity (Wildman–Crippen MR) is 106 cm³/mol. The van der Waals surface area contributed by atoms with Crippen LogP contribution in [0.5, 0.6) is 0 Å². The van der Waals surface area contributed by atoms with Crippen LogP contribution in [0.3, 0.4) is 0 Å². The van der Waals surface area contributed by atoms with Crippen LogP contribution in [0.4, 0.5) is 0 Å². The van der Waals surface area contributed by atoms with Gasteiger partial charge in [0, 0.05) is 29.4 Å². The van der Waals surface area contributed by atoms with Crippen molar-refractivity contribution in [3.05, 3.63) is 34.3 Å². The van der Waals surface area contributed by atoms with Crippen LogP contribution in [0, 0.1) is 0 Å². The zero-order chi connectivity index (χ0) is 20.8. The number of rotatable bonds is 4. The third-order valence-corrected chi connectivity index (χ3v) is 5.92. The molecule has 3 rings (SSSR count). The SMILES string of the molecule is CCN1C2CCC1CC(OC(=O)C(C)c1ccc(Br)cc1)C2.O=C(O)C(=O)O. The van der Waals surface area contributed by atoms with E-state index in [4.69, 9.17) is 24.5 Å². The minimum Gasteiger partial charge on any atom is -0.473 e. The Morgan fingerprint density at radius 3 is 2.04 bits per heavy atom. The molecule has 0 amide bonds. The first kappa shape index (κ1) is 22.4. The van der Waals surface area contributed by atoms with Gasteiger partial charge in [0.2, 0.25) is 0 Å². The number of carbonyl (C=O) groups is 3. The summed E-state index contributed by atoms with van der Waals surface area (Å²) in [6.45, 7) is 5.28. The number of carboxylic acid groups (broad SMARTS) is 2. The van der Waals surface area contributed by atoms with E-state index in [2.05, 4.69) is 27.8 Å². The molecule has 1 aromatic rings. The molecule has 0 saturated carbocycles. The van der Waals surface area contributed by atoms with Crippen molar-refractivity contribution in [2.75, 3.05) is 6.54 Å². The van der Waals surface area contributed by atoms with Crippen molar-refractivity contribution in [2.45, 2.75) is 63.6 Å². The molecule has 2 heterocycles. The summed E-state index contributed by atoms with van der Waals surface area (Å²) in [4.78, 5) is 33.2. The van der Waals surface area contributed by atoms with Gasteiger partial charge >= 0.3 is 17.9 Å². The lowest BCUT2D eigenvalue weighted by atomic mass is 9.98. The molecule has 2 fully saturated rings. The number of carboxylic acids is 2. The van der Waals surface area contributed by atoms with Gasteiger partial charge in [0.05, 0.1) is 5.92 Å². The zero-order valence-electron chi connectivity index (χ0n) is 16.0. The van der Waals surface area contributed by atoms with Gasteiger partial charge in [0.25, 0.3) is 0 Å². The van der Waals surface area contributed by atoms with E-state index in [1.165, 1.54) is 12.8 Å². The van der Waals surface area contributed by atoms with Crippen molar-refractivity contribution < 1.29 is 29.3 Å². The number of benzene rings is 1. The molecule has 154 valence electrons. The Balaban J connectivity index is 0.000000409. The molecule has 28 heavy (non-hydrogen) atoms. The van der Waals surface area contributed by atoms with Crippen molar-refractivity contribution in [2.24, 2.45) is 0 Å². The van der Waals surface area contributed by atoms with Crippen LogP contribution in [-0.2, 0) is 19.1 Å². The van der Waals surface area contributed by atoms with Crippen LogP contribution in [0.15, 0.2) is 28.7 Å². The maximum Gasteiger partial charge on any atom is 0.414 e. The molecule has 0 spiro atoms. The standard InChI is InChI=1S/C18H24BrNO2.C2H2O4/c1-3-20-15-8-9-16(20)11-17(10-15)22-18(21)12(2)13-4-6-14(19)7-5-13;3-1(4)2(5)6/h4-7,12,15-17H,3,8-11H2,1-2H3;(H,3,4)(H,5,6). The fourth-order valence-electron chi connectivity index (χ4n) is 3.99. The summed E-state index contributed by atoms with van der Waals surface area (Å²) in [7, 11) is 0. The molecule has 7 nitrogen and oxygen atoms in total. The number of nitrogens with zero attached hydrogens (tertiary/aromatic N) is 1. The van der Waals surface area contributed by atoms with Crippen LogP contribution in [0.1, 0.15) is 51.0 Å². The zero-order valence-corrected chi connectivity index (χ0v) is 17.6. The smallest absolute Gasteiger partial charge is 0.414 e. The molecule has 2 aliphatic rings. The van der Waals surface area contributed by atoms with Gasteiger partial charge in [-0.15, -0.1) is 0 Å². The molecular weight excluding hydrogens is 430 g/mol. The summed E-state index contributed by atoms with van der Waals surface area (Å²) in [5, 5.41) is 14.8. The van der Waals surface area contributed by atoms with Gasteiger partial charge in [-0.25, -0.2) is 9.59 Å².